The first-order valence-electron chi connectivity index (χ1n) is 7.96. The number of anilines is 1. The van der Waals surface area contributed by atoms with Crippen LogP contribution in [0.25, 0.3) is 0 Å². The summed E-state index contributed by atoms with van der Waals surface area (Å²) in [5, 5.41) is 15.1. The van der Waals surface area contributed by atoms with E-state index in [-0.39, 0.29) is 36.3 Å². The number of benzene rings is 2. The predicted octanol–water partition coefficient (Wildman–Crippen LogP) is 2.85. The lowest BCUT2D eigenvalue weighted by Gasteiger charge is -2.14. The van der Waals surface area contributed by atoms with Crippen LogP contribution in [0.5, 0.6) is 5.75 Å². The molecule has 3 N–H and O–H groups in total. The molecule has 0 saturated heterocycles. The van der Waals surface area contributed by atoms with Gasteiger partial charge < -0.3 is 15.7 Å². The first-order valence-corrected chi connectivity index (χ1v) is 8.34. The number of imide groups is 1. The van der Waals surface area contributed by atoms with Crippen molar-refractivity contribution in [3.8, 4) is 5.75 Å². The molecule has 3 rings (SSSR count). The minimum absolute atomic E-state index is 0.101. The summed E-state index contributed by atoms with van der Waals surface area (Å²) in [5.41, 5.74) is 0.995. The van der Waals surface area contributed by atoms with E-state index in [2.05, 4.69) is 10.6 Å². The maximum Gasteiger partial charge on any atom is 0.319 e. The minimum Gasteiger partial charge on any atom is -0.506 e. The SMILES string of the molecule is O=C(NCCCN1C(=O)c2ccccc2C1=O)Nc1cc(Cl)ccc1O. The van der Waals surface area contributed by atoms with Gasteiger partial charge >= 0.3 is 6.03 Å². The number of carbonyl (C=O) groups is 3. The van der Waals surface area contributed by atoms with Gasteiger partial charge in [0.1, 0.15) is 5.75 Å². The number of hydrogen-bond acceptors (Lipinski definition) is 4. The summed E-state index contributed by atoms with van der Waals surface area (Å²) in [6.07, 6.45) is 0.403. The topological polar surface area (TPSA) is 98.7 Å². The number of nitrogens with zero attached hydrogens (tertiary/aromatic N) is 1. The molecule has 0 fully saturated rings. The Morgan fingerprint density at radius 2 is 1.73 bits per heavy atom. The zero-order valence-electron chi connectivity index (χ0n) is 13.7. The third-order valence-corrected chi connectivity index (χ3v) is 4.16. The standard InChI is InChI=1S/C18H16ClN3O4/c19-11-6-7-15(23)14(10-11)21-18(26)20-8-3-9-22-16(24)12-4-1-2-5-13(12)17(22)25/h1-2,4-7,10,23H,3,8-9H2,(H2,20,21,26). The largest absolute Gasteiger partial charge is 0.506 e. The number of nitrogens with one attached hydrogen (secondary N) is 2. The van der Waals surface area contributed by atoms with Gasteiger partial charge in [-0.3, -0.25) is 14.5 Å². The van der Waals surface area contributed by atoms with Crippen molar-refractivity contribution < 1.29 is 19.5 Å². The van der Waals surface area contributed by atoms with Crippen LogP contribution in [0.4, 0.5) is 10.5 Å². The van der Waals surface area contributed by atoms with Gasteiger partial charge in [0.2, 0.25) is 0 Å². The molecular formula is C18H16ClN3O4. The fourth-order valence-corrected chi connectivity index (χ4v) is 2.83. The summed E-state index contributed by atoms with van der Waals surface area (Å²) in [6.45, 7) is 0.454. The van der Waals surface area contributed by atoms with Crippen molar-refractivity contribution in [2.24, 2.45) is 0 Å². The third-order valence-electron chi connectivity index (χ3n) is 3.93. The highest BCUT2D eigenvalue weighted by molar-refractivity contribution is 6.31. The number of amides is 4. The molecule has 7 nitrogen and oxygen atoms in total. The molecule has 26 heavy (non-hydrogen) atoms. The van der Waals surface area contributed by atoms with Crippen LogP contribution in [0.1, 0.15) is 27.1 Å². The summed E-state index contributed by atoms with van der Waals surface area (Å²) in [4.78, 5) is 37.5. The zero-order chi connectivity index (χ0) is 18.7. The molecule has 0 atom stereocenters. The highest BCUT2D eigenvalue weighted by Crippen LogP contribution is 2.26. The van der Waals surface area contributed by atoms with Crippen molar-refractivity contribution in [2.45, 2.75) is 6.42 Å². The molecule has 134 valence electrons. The summed E-state index contributed by atoms with van der Waals surface area (Å²) in [7, 11) is 0. The molecule has 0 unspecified atom stereocenters. The van der Waals surface area contributed by atoms with Crippen LogP contribution in [0.3, 0.4) is 0 Å². The Kier molecular flexibility index (Phi) is 5.09. The number of phenols is 1. The van der Waals surface area contributed by atoms with Crippen LogP contribution in [0.2, 0.25) is 5.02 Å². The van der Waals surface area contributed by atoms with Crippen LogP contribution < -0.4 is 10.6 Å². The fourth-order valence-electron chi connectivity index (χ4n) is 2.66. The van der Waals surface area contributed by atoms with E-state index >= 15 is 0 Å². The van der Waals surface area contributed by atoms with E-state index in [1.165, 1.54) is 23.1 Å². The number of aromatic hydroxyl groups is 1. The van der Waals surface area contributed by atoms with E-state index in [0.29, 0.717) is 22.6 Å². The third kappa shape index (κ3) is 3.62. The number of phenolic OH excluding ortho intramolecular Hbond substituents is 1. The molecule has 8 heteroatoms. The first-order chi connectivity index (χ1) is 12.5. The fraction of sp³-hybridized carbons (Fsp3) is 0.167. The number of halogens is 1. The smallest absolute Gasteiger partial charge is 0.319 e. The van der Waals surface area contributed by atoms with Crippen LogP contribution in [-0.4, -0.2) is 40.9 Å². The summed E-state index contributed by atoms with van der Waals surface area (Å²) >= 11 is 5.81. The van der Waals surface area contributed by atoms with Gasteiger partial charge in [0, 0.05) is 18.1 Å². The van der Waals surface area contributed by atoms with Crippen molar-refractivity contribution in [3.05, 3.63) is 58.6 Å². The number of rotatable bonds is 5. The monoisotopic (exact) mass is 373 g/mol. The average Bonchev–Trinajstić information content (AvgIpc) is 2.87. The Bertz CT molecular complexity index is 849. The normalized spacial score (nSPS) is 12.9. The Morgan fingerprint density at radius 3 is 2.38 bits per heavy atom. The maximum atomic E-state index is 12.2. The van der Waals surface area contributed by atoms with E-state index in [4.69, 9.17) is 11.6 Å². The van der Waals surface area contributed by atoms with Crippen LogP contribution >= 0.6 is 11.6 Å². The molecule has 1 heterocycles. The summed E-state index contributed by atoms with van der Waals surface area (Å²) < 4.78 is 0. The van der Waals surface area contributed by atoms with Crippen LogP contribution in [0.15, 0.2) is 42.5 Å². The van der Waals surface area contributed by atoms with Gasteiger partial charge in [-0.25, -0.2) is 4.79 Å². The first kappa shape index (κ1) is 17.8. The Morgan fingerprint density at radius 1 is 1.08 bits per heavy atom. The molecule has 0 saturated carbocycles. The molecule has 0 spiro atoms. The van der Waals surface area contributed by atoms with Crippen molar-refractivity contribution >= 4 is 35.1 Å². The molecule has 2 aromatic carbocycles. The molecule has 0 radical (unpaired) electrons. The van der Waals surface area contributed by atoms with Crippen molar-refractivity contribution in [1.29, 1.82) is 0 Å². The van der Waals surface area contributed by atoms with Gasteiger partial charge in [0.15, 0.2) is 0 Å². The Labute approximate surface area is 154 Å². The van der Waals surface area contributed by atoms with Gasteiger partial charge in [-0.2, -0.15) is 0 Å². The lowest BCUT2D eigenvalue weighted by atomic mass is 10.1. The second-order valence-electron chi connectivity index (χ2n) is 5.70. The van der Waals surface area contributed by atoms with E-state index < -0.39 is 6.03 Å². The Hall–Kier alpha value is -3.06. The average molecular weight is 374 g/mol. The molecular weight excluding hydrogens is 358 g/mol. The minimum atomic E-state index is -0.523. The number of urea groups is 1. The van der Waals surface area contributed by atoms with E-state index in [9.17, 15) is 19.5 Å². The summed E-state index contributed by atoms with van der Waals surface area (Å²) in [5.74, 6) is -0.742. The van der Waals surface area contributed by atoms with E-state index in [1.54, 1.807) is 24.3 Å². The van der Waals surface area contributed by atoms with Gasteiger partial charge in [-0.05, 0) is 36.8 Å². The molecule has 1 aliphatic rings. The highest BCUT2D eigenvalue weighted by atomic mass is 35.5. The molecule has 4 amide bonds. The lowest BCUT2D eigenvalue weighted by molar-refractivity contribution is 0.0653. The lowest BCUT2D eigenvalue weighted by Crippen LogP contribution is -2.35. The second-order valence-corrected chi connectivity index (χ2v) is 6.14. The summed E-state index contributed by atoms with van der Waals surface area (Å²) in [6, 6.07) is 10.5. The highest BCUT2D eigenvalue weighted by Gasteiger charge is 2.34. The van der Waals surface area contributed by atoms with Gasteiger partial charge in [-0.1, -0.05) is 23.7 Å². The maximum absolute atomic E-state index is 12.2. The van der Waals surface area contributed by atoms with Gasteiger partial charge in [-0.15, -0.1) is 0 Å². The van der Waals surface area contributed by atoms with E-state index in [0.717, 1.165) is 0 Å². The zero-order valence-corrected chi connectivity index (χ0v) is 14.4. The quantitative estimate of drug-likeness (QED) is 0.426. The van der Waals surface area contributed by atoms with Crippen LogP contribution in [-0.2, 0) is 0 Å². The van der Waals surface area contributed by atoms with Crippen molar-refractivity contribution in [2.75, 3.05) is 18.4 Å². The van der Waals surface area contributed by atoms with Crippen LogP contribution in [0, 0.1) is 0 Å². The van der Waals surface area contributed by atoms with Gasteiger partial charge in [0.25, 0.3) is 11.8 Å². The van der Waals surface area contributed by atoms with Gasteiger partial charge in [0.05, 0.1) is 16.8 Å². The predicted molar refractivity (Wildman–Crippen MR) is 96.6 cm³/mol. The molecule has 0 aromatic heterocycles. The number of fused-ring (bicyclic) bond motifs is 1. The molecule has 0 bridgehead atoms. The second kappa shape index (κ2) is 7.45. The van der Waals surface area contributed by atoms with E-state index in [1.807, 2.05) is 0 Å². The molecule has 1 aliphatic heterocycles. The Balaban J connectivity index is 1.47. The van der Waals surface area contributed by atoms with Crippen molar-refractivity contribution in [1.82, 2.24) is 10.2 Å². The number of hydrogen-bond donors (Lipinski definition) is 3. The van der Waals surface area contributed by atoms with Crippen molar-refractivity contribution in [3.63, 3.8) is 0 Å². The number of carbonyl (C=O) groups excluding carboxylic acids is 3. The molecule has 0 aliphatic carbocycles. The molecule has 2 aromatic rings.